The second-order valence-corrected chi connectivity index (χ2v) is 6.18. The van der Waals surface area contributed by atoms with Crippen LogP contribution in [0.5, 0.6) is 0 Å². The fraction of sp³-hybridized carbons (Fsp3) is 0.188. The van der Waals surface area contributed by atoms with Crippen LogP contribution in [0.2, 0.25) is 0 Å². The lowest BCUT2D eigenvalue weighted by molar-refractivity contribution is 0.0950. The van der Waals surface area contributed by atoms with E-state index in [9.17, 15) is 9.18 Å². The molecule has 0 aromatic heterocycles. The number of amides is 1. The smallest absolute Gasteiger partial charge is 0.252 e. The SMILES string of the molecule is O=C(NCc1ccc2c(c1)CNC2)c1ccc(F)cc1I. The van der Waals surface area contributed by atoms with Gasteiger partial charge in [-0.25, -0.2) is 4.39 Å². The molecule has 0 spiro atoms. The maximum absolute atomic E-state index is 13.0. The van der Waals surface area contributed by atoms with E-state index in [4.69, 9.17) is 0 Å². The minimum absolute atomic E-state index is 0.182. The van der Waals surface area contributed by atoms with Gasteiger partial charge in [-0.2, -0.15) is 0 Å². The van der Waals surface area contributed by atoms with Crippen molar-refractivity contribution in [1.82, 2.24) is 10.6 Å². The standard InChI is InChI=1S/C16H14FIN2O/c17-13-3-4-14(15(18)6-13)16(21)20-7-10-1-2-11-8-19-9-12(11)5-10/h1-6,19H,7-9H2,(H,20,21). The molecule has 0 saturated carbocycles. The Labute approximate surface area is 136 Å². The van der Waals surface area contributed by atoms with Gasteiger partial charge in [-0.05, 0) is 57.5 Å². The molecule has 21 heavy (non-hydrogen) atoms. The highest BCUT2D eigenvalue weighted by atomic mass is 127. The van der Waals surface area contributed by atoms with Gasteiger partial charge < -0.3 is 10.6 Å². The fourth-order valence-electron chi connectivity index (χ4n) is 2.41. The Hall–Kier alpha value is -1.47. The number of halogens is 2. The van der Waals surface area contributed by atoms with Gasteiger partial charge in [0, 0.05) is 23.2 Å². The fourth-order valence-corrected chi connectivity index (χ4v) is 3.13. The second-order valence-electron chi connectivity index (χ2n) is 5.01. The lowest BCUT2D eigenvalue weighted by Gasteiger charge is -2.08. The summed E-state index contributed by atoms with van der Waals surface area (Å²) in [6.07, 6.45) is 0. The Morgan fingerprint density at radius 1 is 1.19 bits per heavy atom. The third-order valence-electron chi connectivity index (χ3n) is 3.53. The number of hydrogen-bond acceptors (Lipinski definition) is 2. The van der Waals surface area contributed by atoms with Crippen LogP contribution < -0.4 is 10.6 Å². The zero-order valence-corrected chi connectivity index (χ0v) is 13.4. The molecule has 2 N–H and O–H groups in total. The van der Waals surface area contributed by atoms with Gasteiger partial charge in [0.05, 0.1) is 5.56 Å². The third-order valence-corrected chi connectivity index (χ3v) is 4.42. The van der Waals surface area contributed by atoms with Crippen LogP contribution in [-0.2, 0) is 19.6 Å². The number of hydrogen-bond donors (Lipinski definition) is 2. The van der Waals surface area contributed by atoms with Crippen molar-refractivity contribution in [2.45, 2.75) is 19.6 Å². The summed E-state index contributed by atoms with van der Waals surface area (Å²) < 4.78 is 13.7. The van der Waals surface area contributed by atoms with Crippen LogP contribution in [0.3, 0.4) is 0 Å². The summed E-state index contributed by atoms with van der Waals surface area (Å²) in [5.74, 6) is -0.514. The normalized spacial score (nSPS) is 13.0. The van der Waals surface area contributed by atoms with Crippen molar-refractivity contribution in [3.8, 4) is 0 Å². The summed E-state index contributed by atoms with van der Waals surface area (Å²) in [5.41, 5.74) is 4.18. The highest BCUT2D eigenvalue weighted by molar-refractivity contribution is 14.1. The van der Waals surface area contributed by atoms with E-state index in [0.717, 1.165) is 18.7 Å². The molecule has 2 aromatic carbocycles. The topological polar surface area (TPSA) is 41.1 Å². The summed E-state index contributed by atoms with van der Waals surface area (Å²) in [6.45, 7) is 2.27. The molecular weight excluding hydrogens is 382 g/mol. The molecule has 0 unspecified atom stereocenters. The van der Waals surface area contributed by atoms with Crippen molar-refractivity contribution in [2.24, 2.45) is 0 Å². The molecule has 108 valence electrons. The van der Waals surface area contributed by atoms with E-state index >= 15 is 0 Å². The molecule has 0 atom stereocenters. The third kappa shape index (κ3) is 3.24. The lowest BCUT2D eigenvalue weighted by Crippen LogP contribution is -2.23. The zero-order chi connectivity index (χ0) is 14.8. The van der Waals surface area contributed by atoms with Crippen molar-refractivity contribution in [2.75, 3.05) is 0 Å². The van der Waals surface area contributed by atoms with Crippen molar-refractivity contribution in [3.05, 3.63) is 68.0 Å². The number of carbonyl (C=O) groups excluding carboxylic acids is 1. The second kappa shape index (κ2) is 6.11. The molecular formula is C16H14FIN2O. The average molecular weight is 396 g/mol. The molecule has 1 aliphatic heterocycles. The first-order valence-electron chi connectivity index (χ1n) is 6.68. The number of carbonyl (C=O) groups is 1. The van der Waals surface area contributed by atoms with Crippen LogP contribution in [0.4, 0.5) is 4.39 Å². The zero-order valence-electron chi connectivity index (χ0n) is 11.2. The maximum atomic E-state index is 13.0. The Bertz CT molecular complexity index is 703. The molecule has 3 rings (SSSR count). The largest absolute Gasteiger partial charge is 0.348 e. The first-order chi connectivity index (χ1) is 10.1. The van der Waals surface area contributed by atoms with Crippen LogP contribution >= 0.6 is 22.6 Å². The van der Waals surface area contributed by atoms with Crippen LogP contribution in [0.25, 0.3) is 0 Å². The Morgan fingerprint density at radius 3 is 2.81 bits per heavy atom. The quantitative estimate of drug-likeness (QED) is 0.784. The van der Waals surface area contributed by atoms with Gasteiger partial charge in [0.1, 0.15) is 5.82 Å². The number of fused-ring (bicyclic) bond motifs is 1. The van der Waals surface area contributed by atoms with Crippen molar-refractivity contribution < 1.29 is 9.18 Å². The van der Waals surface area contributed by atoms with Crippen molar-refractivity contribution in [1.29, 1.82) is 0 Å². The summed E-state index contributed by atoms with van der Waals surface area (Å²) in [7, 11) is 0. The van der Waals surface area contributed by atoms with Gasteiger partial charge in [0.2, 0.25) is 0 Å². The number of benzene rings is 2. The van der Waals surface area contributed by atoms with Crippen LogP contribution in [-0.4, -0.2) is 5.91 Å². The van der Waals surface area contributed by atoms with Gasteiger partial charge in [-0.1, -0.05) is 18.2 Å². The average Bonchev–Trinajstić information content (AvgIpc) is 2.92. The van der Waals surface area contributed by atoms with Gasteiger partial charge in [-0.15, -0.1) is 0 Å². The molecule has 0 aliphatic carbocycles. The molecule has 0 radical (unpaired) electrons. The van der Waals surface area contributed by atoms with Crippen LogP contribution in [0.15, 0.2) is 36.4 Å². The predicted molar refractivity (Wildman–Crippen MR) is 87.3 cm³/mol. The summed E-state index contributed by atoms with van der Waals surface area (Å²) in [5, 5.41) is 6.17. The highest BCUT2D eigenvalue weighted by Crippen LogP contribution is 2.17. The van der Waals surface area contributed by atoms with E-state index in [1.165, 1.54) is 29.3 Å². The summed E-state index contributed by atoms with van der Waals surface area (Å²) in [4.78, 5) is 12.1. The van der Waals surface area contributed by atoms with E-state index in [2.05, 4.69) is 22.8 Å². The number of rotatable bonds is 3. The molecule has 1 amide bonds. The van der Waals surface area contributed by atoms with Gasteiger partial charge in [0.15, 0.2) is 0 Å². The van der Waals surface area contributed by atoms with Gasteiger partial charge in [0.25, 0.3) is 5.91 Å². The number of nitrogens with one attached hydrogen (secondary N) is 2. The molecule has 5 heteroatoms. The summed E-state index contributed by atoms with van der Waals surface area (Å²) >= 11 is 1.97. The van der Waals surface area contributed by atoms with E-state index in [1.807, 2.05) is 28.7 Å². The Balaban J connectivity index is 1.68. The van der Waals surface area contributed by atoms with Crippen molar-refractivity contribution in [3.63, 3.8) is 0 Å². The van der Waals surface area contributed by atoms with Gasteiger partial charge >= 0.3 is 0 Å². The molecule has 2 aromatic rings. The molecule has 1 heterocycles. The van der Waals surface area contributed by atoms with E-state index < -0.39 is 0 Å². The van der Waals surface area contributed by atoms with Crippen LogP contribution in [0.1, 0.15) is 27.0 Å². The van der Waals surface area contributed by atoms with Crippen molar-refractivity contribution >= 4 is 28.5 Å². The Kier molecular flexibility index (Phi) is 4.21. The molecule has 3 nitrogen and oxygen atoms in total. The van der Waals surface area contributed by atoms with Crippen LogP contribution in [0, 0.1) is 9.39 Å². The Morgan fingerprint density at radius 2 is 2.00 bits per heavy atom. The lowest BCUT2D eigenvalue weighted by atomic mass is 10.1. The molecule has 0 bridgehead atoms. The van der Waals surface area contributed by atoms with E-state index in [1.54, 1.807) is 0 Å². The maximum Gasteiger partial charge on any atom is 0.252 e. The van der Waals surface area contributed by atoms with Gasteiger partial charge in [-0.3, -0.25) is 4.79 Å². The molecule has 0 saturated heterocycles. The summed E-state index contributed by atoms with van der Waals surface area (Å²) in [6, 6.07) is 10.4. The van der Waals surface area contributed by atoms with E-state index in [0.29, 0.717) is 15.7 Å². The minimum Gasteiger partial charge on any atom is -0.348 e. The molecule has 0 fully saturated rings. The first kappa shape index (κ1) is 14.5. The van der Waals surface area contributed by atoms with E-state index in [-0.39, 0.29) is 11.7 Å². The minimum atomic E-state index is -0.331. The highest BCUT2D eigenvalue weighted by Gasteiger charge is 2.12. The first-order valence-corrected chi connectivity index (χ1v) is 7.76. The molecule has 1 aliphatic rings. The predicted octanol–water partition coefficient (Wildman–Crippen LogP) is 2.96. The monoisotopic (exact) mass is 396 g/mol.